The lowest BCUT2D eigenvalue weighted by Gasteiger charge is -2.25. The smallest absolute Gasteiger partial charge is 0.258 e. The first-order valence-corrected chi connectivity index (χ1v) is 36.8. The number of aromatic nitrogens is 7. The van der Waals surface area contributed by atoms with E-state index in [1.165, 1.54) is 71.2 Å². The van der Waals surface area contributed by atoms with Crippen molar-refractivity contribution >= 4 is 77.5 Å². The predicted molar refractivity (Wildman–Crippen MR) is 450 cm³/mol. The van der Waals surface area contributed by atoms with Crippen molar-refractivity contribution in [1.29, 1.82) is 0 Å². The summed E-state index contributed by atoms with van der Waals surface area (Å²) >= 11 is 0. The summed E-state index contributed by atoms with van der Waals surface area (Å²) in [5.41, 5.74) is 21.3. The van der Waals surface area contributed by atoms with Gasteiger partial charge in [0.1, 0.15) is 0 Å². The Hall–Kier alpha value is -15.1. The lowest BCUT2D eigenvalue weighted by Crippen LogP contribution is -2.09. The molecule has 111 heavy (non-hydrogen) atoms. The summed E-state index contributed by atoms with van der Waals surface area (Å²) in [6, 6.07) is 138. The van der Waals surface area contributed by atoms with Gasteiger partial charge in [-0.1, -0.05) is 282 Å². The molecule has 20 aromatic rings. The van der Waals surface area contributed by atoms with E-state index in [9.17, 15) is 0 Å². The molecule has 0 N–H and O–H groups in total. The average Bonchev–Trinajstić information content (AvgIpc) is 1.61. The first-order chi connectivity index (χ1) is 54.9. The number of para-hydroxylation sites is 4. The van der Waals surface area contributed by atoms with E-state index in [2.05, 4.69) is 319 Å². The topological polar surface area (TPSA) is 128 Å². The molecule has 0 aliphatic carbocycles. The van der Waals surface area contributed by atoms with Crippen molar-refractivity contribution in [1.82, 2.24) is 35.0 Å². The number of fused-ring (bicyclic) bond motifs is 5. The Morgan fingerprint density at radius 2 is 0.568 bits per heavy atom. The molecule has 4 heterocycles. The van der Waals surface area contributed by atoms with Crippen LogP contribution in [0.4, 0.5) is 34.1 Å². The van der Waals surface area contributed by atoms with Crippen LogP contribution in [-0.2, 0) is 0 Å². The quantitative estimate of drug-likeness (QED) is 0.0973. The number of hydrogen-bond donors (Lipinski definition) is 0. The lowest BCUT2D eigenvalue weighted by molar-refractivity contribution is 0.432. The minimum atomic E-state index is 0.496. The van der Waals surface area contributed by atoms with Crippen LogP contribution in [0.3, 0.4) is 0 Å². The highest BCUT2D eigenvalue weighted by atomic mass is 16.5. The average molecular weight is 1430 g/mol. The molecule has 16 aromatic carbocycles. The summed E-state index contributed by atoms with van der Waals surface area (Å²) in [4.78, 5) is 18.3. The Labute approximate surface area is 641 Å². The molecular weight excluding hydrogens is 1360 g/mol. The lowest BCUT2D eigenvalue weighted by atomic mass is 9.98. The number of nitrogens with zero attached hydrogens (tertiary/aromatic N) is 9. The number of aryl methyl sites for hydroxylation is 1. The molecule has 0 aliphatic rings. The Morgan fingerprint density at radius 3 is 1.04 bits per heavy atom. The van der Waals surface area contributed by atoms with Crippen LogP contribution in [0.15, 0.2) is 414 Å². The zero-order valence-corrected chi connectivity index (χ0v) is 60.4. The SMILES string of the molecule is Cc1ccc(-c2noc(-c3ccc(-n4c5ccccc5c5ccccc54)cc3)n2)cc1.c1ccc(-c2noc(-c3ccc(N(c4ccccc4)c4ccc(-c5ccc6ccccc6c5)cc4)cc3)n2)cc1.c1ccc(-c2noc(-c3ccc(N(c4ccccc4)c4ccc(-c5cccc6ccccc56)cc4)cc3)n2)cc1. The largest absolute Gasteiger partial charge is 0.334 e. The summed E-state index contributed by atoms with van der Waals surface area (Å²) in [7, 11) is 0. The molecule has 0 fully saturated rings. The molecule has 0 aliphatic heterocycles. The fourth-order valence-corrected chi connectivity index (χ4v) is 14.2. The Bertz CT molecular complexity index is 6480. The molecule has 0 radical (unpaired) electrons. The van der Waals surface area contributed by atoms with Gasteiger partial charge in [-0.3, -0.25) is 0 Å². The molecule has 20 rings (SSSR count). The summed E-state index contributed by atoms with van der Waals surface area (Å²) in [5, 5.41) is 20.0. The molecule has 0 amide bonds. The second-order valence-electron chi connectivity index (χ2n) is 26.9. The minimum Gasteiger partial charge on any atom is -0.334 e. The van der Waals surface area contributed by atoms with Crippen molar-refractivity contribution in [3.05, 3.63) is 406 Å². The third-order valence-corrected chi connectivity index (χ3v) is 19.8. The molecule has 0 bridgehead atoms. The standard InChI is InChI=1S/2C36H25N3O.C27H19N3O/c1-3-11-28(12-4-1)35-37-36(40-38-35)29-20-24-32(25-21-29)39(30-14-5-2-6-15-30)31-22-18-27(19-23-31)34-17-9-13-26-10-7-8-16-33(26)34;1-3-10-28(11-4-1)35-37-36(40-38-35)29-19-23-34(24-20-29)39(32-13-5-2-6-14-32)33-21-17-27(18-22-33)31-16-15-26-9-7-8-12-30(26)25-31;1-18-10-12-19(13-11-18)26-28-27(31-29-26)20-14-16-21(17-15-20)30-24-8-4-2-6-22(24)23-7-3-5-9-25(23)30/h2*1-25H;2-17H,1H3. The van der Waals surface area contributed by atoms with Crippen molar-refractivity contribution in [2.75, 3.05) is 9.80 Å². The van der Waals surface area contributed by atoms with Crippen molar-refractivity contribution in [3.63, 3.8) is 0 Å². The molecule has 12 nitrogen and oxygen atoms in total. The number of anilines is 6. The summed E-state index contributed by atoms with van der Waals surface area (Å²) < 4.78 is 19.0. The van der Waals surface area contributed by atoms with E-state index in [4.69, 9.17) is 13.6 Å². The van der Waals surface area contributed by atoms with E-state index in [0.29, 0.717) is 35.1 Å². The summed E-state index contributed by atoms with van der Waals surface area (Å²) in [5.74, 6) is 3.27. The monoisotopic (exact) mass is 1430 g/mol. The van der Waals surface area contributed by atoms with Crippen LogP contribution in [0.5, 0.6) is 0 Å². The molecule has 528 valence electrons. The van der Waals surface area contributed by atoms with Crippen LogP contribution in [0.2, 0.25) is 0 Å². The zero-order chi connectivity index (χ0) is 74.2. The van der Waals surface area contributed by atoms with Crippen molar-refractivity contribution in [3.8, 4) is 96.5 Å². The second-order valence-corrected chi connectivity index (χ2v) is 26.9. The van der Waals surface area contributed by atoms with Gasteiger partial charge in [-0.05, 0) is 190 Å². The maximum absolute atomic E-state index is 5.59. The minimum absolute atomic E-state index is 0.496. The van der Waals surface area contributed by atoms with E-state index in [-0.39, 0.29) is 0 Å². The molecule has 0 saturated carbocycles. The van der Waals surface area contributed by atoms with Gasteiger partial charge in [0.15, 0.2) is 0 Å². The Balaban J connectivity index is 0.000000118. The fraction of sp³-hybridized carbons (Fsp3) is 0.0101. The number of benzene rings is 16. The first-order valence-electron chi connectivity index (χ1n) is 36.8. The van der Waals surface area contributed by atoms with Crippen LogP contribution in [0.1, 0.15) is 5.56 Å². The molecule has 0 saturated heterocycles. The first kappa shape index (κ1) is 67.7. The van der Waals surface area contributed by atoms with Crippen molar-refractivity contribution in [2.24, 2.45) is 0 Å². The maximum atomic E-state index is 5.59. The second kappa shape index (κ2) is 30.7. The highest BCUT2D eigenvalue weighted by Gasteiger charge is 2.20. The van der Waals surface area contributed by atoms with Gasteiger partial charge in [0.25, 0.3) is 17.7 Å². The Kier molecular flexibility index (Phi) is 18.8. The summed E-state index contributed by atoms with van der Waals surface area (Å²) in [6.07, 6.45) is 0. The third kappa shape index (κ3) is 14.3. The van der Waals surface area contributed by atoms with Crippen molar-refractivity contribution < 1.29 is 13.6 Å². The number of hydrogen-bond acceptors (Lipinski definition) is 11. The van der Waals surface area contributed by atoms with Gasteiger partial charge in [0.05, 0.1) is 11.0 Å². The van der Waals surface area contributed by atoms with Gasteiger partial charge in [-0.15, -0.1) is 0 Å². The van der Waals surface area contributed by atoms with E-state index in [0.717, 1.165) is 73.2 Å². The van der Waals surface area contributed by atoms with E-state index >= 15 is 0 Å². The highest BCUT2D eigenvalue weighted by molar-refractivity contribution is 6.09. The van der Waals surface area contributed by atoms with Crippen LogP contribution in [-0.4, -0.2) is 35.0 Å². The fourth-order valence-electron chi connectivity index (χ4n) is 14.2. The van der Waals surface area contributed by atoms with Gasteiger partial charge in [0, 0.05) is 84.0 Å². The molecular formula is C99H69N9O3. The normalized spacial score (nSPS) is 11.1. The van der Waals surface area contributed by atoms with Crippen LogP contribution in [0, 0.1) is 6.92 Å². The summed E-state index contributed by atoms with van der Waals surface area (Å²) in [6.45, 7) is 2.06. The molecule has 12 heteroatoms. The predicted octanol–water partition coefficient (Wildman–Crippen LogP) is 26.2. The van der Waals surface area contributed by atoms with Crippen molar-refractivity contribution in [2.45, 2.75) is 6.92 Å². The third-order valence-electron chi connectivity index (χ3n) is 19.8. The molecule has 4 aromatic heterocycles. The van der Waals surface area contributed by atoms with Gasteiger partial charge in [-0.25, -0.2) is 0 Å². The molecule has 0 unspecified atom stereocenters. The van der Waals surface area contributed by atoms with Gasteiger partial charge < -0.3 is 27.9 Å². The van der Waals surface area contributed by atoms with Gasteiger partial charge >= 0.3 is 0 Å². The van der Waals surface area contributed by atoms with Crippen LogP contribution in [0.25, 0.3) is 140 Å². The van der Waals surface area contributed by atoms with Gasteiger partial charge in [-0.2, -0.15) is 15.0 Å². The number of rotatable bonds is 15. The molecule has 0 atom stereocenters. The van der Waals surface area contributed by atoms with E-state index < -0.39 is 0 Å². The van der Waals surface area contributed by atoms with E-state index in [1.807, 2.05) is 133 Å². The zero-order valence-electron chi connectivity index (χ0n) is 60.4. The Morgan fingerprint density at radius 1 is 0.234 bits per heavy atom. The maximum Gasteiger partial charge on any atom is 0.258 e. The van der Waals surface area contributed by atoms with E-state index in [1.54, 1.807) is 0 Å². The highest BCUT2D eigenvalue weighted by Crippen LogP contribution is 2.41. The van der Waals surface area contributed by atoms with Gasteiger partial charge in [0.2, 0.25) is 17.5 Å². The van der Waals surface area contributed by atoms with Crippen LogP contribution >= 0.6 is 0 Å². The van der Waals surface area contributed by atoms with Crippen LogP contribution < -0.4 is 9.80 Å². The molecule has 0 spiro atoms.